The van der Waals surface area contributed by atoms with Gasteiger partial charge in [-0.2, -0.15) is 0 Å². The third kappa shape index (κ3) is 7.20. The molecule has 0 saturated heterocycles. The van der Waals surface area contributed by atoms with Crippen LogP contribution < -0.4 is 16.0 Å². The van der Waals surface area contributed by atoms with Crippen LogP contribution in [0.5, 0.6) is 5.75 Å². The third-order valence-corrected chi connectivity index (χ3v) is 5.07. The lowest BCUT2D eigenvalue weighted by molar-refractivity contribution is 0.429. The van der Waals surface area contributed by atoms with Gasteiger partial charge >= 0.3 is 5.69 Å². The molecule has 36 heavy (non-hydrogen) atoms. The molecule has 0 radical (unpaired) electrons. The Balaban J connectivity index is 0.000000203. The van der Waals surface area contributed by atoms with Crippen molar-refractivity contribution >= 4 is 11.2 Å². The van der Waals surface area contributed by atoms with E-state index in [0.717, 1.165) is 38.0 Å². The van der Waals surface area contributed by atoms with Crippen molar-refractivity contribution in [2.75, 3.05) is 0 Å². The second kappa shape index (κ2) is 11.9. The van der Waals surface area contributed by atoms with E-state index in [1.54, 1.807) is 23.6 Å². The molecule has 3 aromatic rings. The summed E-state index contributed by atoms with van der Waals surface area (Å²) in [7, 11) is 0. The van der Waals surface area contributed by atoms with Gasteiger partial charge in [-0.15, -0.1) is 0 Å². The summed E-state index contributed by atoms with van der Waals surface area (Å²) in [6, 6.07) is 6.05. The smallest absolute Gasteiger partial charge is 0.333 e. The van der Waals surface area contributed by atoms with E-state index in [0.29, 0.717) is 28.5 Å². The van der Waals surface area contributed by atoms with Crippen molar-refractivity contribution < 1.29 is 9.13 Å². The molecule has 0 amide bonds. The molecule has 5 rings (SSSR count). The third-order valence-electron chi connectivity index (χ3n) is 5.07. The highest BCUT2D eigenvalue weighted by molar-refractivity contribution is 5.71. The van der Waals surface area contributed by atoms with Gasteiger partial charge in [0.15, 0.2) is 17.0 Å². The number of aromatic amines is 1. The number of benzene rings is 1. The number of fused-ring (bicyclic) bond motifs is 1. The van der Waals surface area contributed by atoms with Gasteiger partial charge in [-0.3, -0.25) is 13.9 Å². The number of aromatic nitrogens is 4. The lowest BCUT2D eigenvalue weighted by Gasteiger charge is -2.09. The molecule has 192 valence electrons. The van der Waals surface area contributed by atoms with E-state index in [1.165, 1.54) is 16.7 Å². The van der Waals surface area contributed by atoms with Crippen LogP contribution in [0.3, 0.4) is 0 Å². The van der Waals surface area contributed by atoms with Gasteiger partial charge in [0.25, 0.3) is 5.56 Å². The molecule has 2 fully saturated rings. The zero-order chi connectivity index (χ0) is 26.4. The molecular formula is C28H35FN4O3. The van der Waals surface area contributed by atoms with Crippen molar-refractivity contribution in [3.63, 3.8) is 0 Å². The number of nitrogens with one attached hydrogen (secondary N) is 1. The maximum atomic E-state index is 12.6. The van der Waals surface area contributed by atoms with Gasteiger partial charge < -0.3 is 9.72 Å². The molecular weight excluding hydrogens is 459 g/mol. The minimum absolute atomic E-state index is 0.0628. The van der Waals surface area contributed by atoms with Gasteiger partial charge in [-0.25, -0.2) is 14.2 Å². The summed E-state index contributed by atoms with van der Waals surface area (Å²) >= 11 is 0. The molecule has 2 saturated carbocycles. The number of hydrogen-bond acceptors (Lipinski definition) is 4. The van der Waals surface area contributed by atoms with Gasteiger partial charge in [0.1, 0.15) is 11.6 Å². The summed E-state index contributed by atoms with van der Waals surface area (Å²) in [5.74, 6) is 8.07. The van der Waals surface area contributed by atoms with E-state index in [9.17, 15) is 14.0 Å². The normalized spacial score (nSPS) is 14.2. The average molecular weight is 495 g/mol. The first-order valence-corrected chi connectivity index (χ1v) is 12.5. The van der Waals surface area contributed by atoms with Crippen molar-refractivity contribution in [2.24, 2.45) is 5.92 Å². The van der Waals surface area contributed by atoms with Crippen LogP contribution >= 0.6 is 0 Å². The monoisotopic (exact) mass is 494 g/mol. The molecule has 0 spiro atoms. The van der Waals surface area contributed by atoms with Gasteiger partial charge in [-0.05, 0) is 68.7 Å². The van der Waals surface area contributed by atoms with Crippen LogP contribution in [0.25, 0.3) is 11.2 Å². The molecule has 2 aliphatic rings. The van der Waals surface area contributed by atoms with Crippen LogP contribution in [0.2, 0.25) is 0 Å². The standard InChI is InChI=1S/C15H16N4O2.C9H9FO.C4H10/c1-2-3-4-11-16-12-13(17-11)18(9-5-6-9)15(21)19(14(12)20)10-7-8-10;1-7(2)11-9-5-3-8(10)4-6-9;1-4(2)3/h9-10H,2,5-8H2,1H3,(H,16,17);3-6H,1H2,2H3;4H,1-3H3. The summed E-state index contributed by atoms with van der Waals surface area (Å²) in [4.78, 5) is 32.5. The number of H-pyrrole nitrogens is 1. The van der Waals surface area contributed by atoms with Gasteiger partial charge in [0.05, 0.1) is 5.76 Å². The molecule has 2 aliphatic carbocycles. The van der Waals surface area contributed by atoms with Crippen LogP contribution in [0.1, 0.15) is 84.6 Å². The number of rotatable bonds is 4. The van der Waals surface area contributed by atoms with E-state index in [4.69, 9.17) is 4.74 Å². The van der Waals surface area contributed by atoms with Gasteiger partial charge in [0.2, 0.25) is 0 Å². The number of allylic oxidation sites excluding steroid dienone is 1. The Kier molecular flexibility index (Phi) is 8.92. The molecule has 0 unspecified atom stereocenters. The van der Waals surface area contributed by atoms with E-state index < -0.39 is 0 Å². The lowest BCUT2D eigenvalue weighted by Crippen LogP contribution is -2.39. The number of nitrogens with zero attached hydrogens (tertiary/aromatic N) is 3. The van der Waals surface area contributed by atoms with Crippen molar-refractivity contribution in [1.82, 2.24) is 19.1 Å². The van der Waals surface area contributed by atoms with Crippen molar-refractivity contribution in [3.05, 3.63) is 69.1 Å². The largest absolute Gasteiger partial charge is 0.463 e. The SMILES string of the molecule is C=C(C)Oc1ccc(F)cc1.CC(C)C.CCC#Cc1nc2c([nH]1)c(=O)n(C1CC1)c(=O)n2C1CC1. The quantitative estimate of drug-likeness (QED) is 0.372. The zero-order valence-electron chi connectivity index (χ0n) is 21.7. The van der Waals surface area contributed by atoms with Crippen LogP contribution in [0.15, 0.2) is 46.2 Å². The van der Waals surface area contributed by atoms with Crippen LogP contribution in [0, 0.1) is 23.6 Å². The maximum absolute atomic E-state index is 12.6. The number of imidazole rings is 1. The zero-order valence-corrected chi connectivity index (χ0v) is 21.7. The first-order chi connectivity index (χ1) is 17.1. The Morgan fingerprint density at radius 1 is 1.14 bits per heavy atom. The second-order valence-electron chi connectivity index (χ2n) is 9.72. The Hall–Kier alpha value is -3.60. The summed E-state index contributed by atoms with van der Waals surface area (Å²) in [6.45, 7) is 13.8. The molecule has 0 aliphatic heterocycles. The van der Waals surface area contributed by atoms with Crippen molar-refractivity contribution in [3.8, 4) is 17.6 Å². The molecule has 0 bridgehead atoms. The number of hydrogen-bond donors (Lipinski definition) is 1. The number of halogens is 1. The molecule has 2 aromatic heterocycles. The predicted molar refractivity (Wildman–Crippen MR) is 141 cm³/mol. The minimum Gasteiger partial charge on any atom is -0.463 e. The molecule has 7 nitrogen and oxygen atoms in total. The molecule has 1 N–H and O–H groups in total. The van der Waals surface area contributed by atoms with Gasteiger partial charge in [-0.1, -0.05) is 40.2 Å². The fraction of sp³-hybridized carbons (Fsp3) is 0.464. The Bertz CT molecular complexity index is 1380. The van der Waals surface area contributed by atoms with Crippen molar-refractivity contribution in [1.29, 1.82) is 0 Å². The van der Waals surface area contributed by atoms with Crippen LogP contribution in [0.4, 0.5) is 4.39 Å². The lowest BCUT2D eigenvalue weighted by atomic mass is 10.3. The van der Waals surface area contributed by atoms with Gasteiger partial charge in [0, 0.05) is 18.5 Å². The Morgan fingerprint density at radius 3 is 2.19 bits per heavy atom. The van der Waals surface area contributed by atoms with Crippen LogP contribution in [-0.4, -0.2) is 19.1 Å². The van der Waals surface area contributed by atoms with Crippen LogP contribution in [-0.2, 0) is 0 Å². The second-order valence-corrected chi connectivity index (χ2v) is 9.72. The van der Waals surface area contributed by atoms with E-state index in [2.05, 4.69) is 49.2 Å². The fourth-order valence-electron chi connectivity index (χ4n) is 3.35. The predicted octanol–water partition coefficient (Wildman–Crippen LogP) is 5.72. The first kappa shape index (κ1) is 27.0. The topological polar surface area (TPSA) is 81.9 Å². The number of ether oxygens (including phenoxy) is 1. The van der Waals surface area contributed by atoms with E-state index >= 15 is 0 Å². The fourth-order valence-corrected chi connectivity index (χ4v) is 3.35. The molecule has 0 atom stereocenters. The highest BCUT2D eigenvalue weighted by Gasteiger charge is 2.34. The summed E-state index contributed by atoms with van der Waals surface area (Å²) in [5.41, 5.74) is 0.407. The summed E-state index contributed by atoms with van der Waals surface area (Å²) < 4.78 is 20.5. The maximum Gasteiger partial charge on any atom is 0.333 e. The Morgan fingerprint density at radius 2 is 1.69 bits per heavy atom. The highest BCUT2D eigenvalue weighted by atomic mass is 19.1. The average Bonchev–Trinajstić information content (AvgIpc) is 3.73. The Labute approximate surface area is 211 Å². The molecule has 2 heterocycles. The minimum atomic E-state index is -0.265. The van der Waals surface area contributed by atoms with E-state index in [-0.39, 0.29) is 29.1 Å². The molecule has 8 heteroatoms. The molecule has 1 aromatic carbocycles. The summed E-state index contributed by atoms with van der Waals surface area (Å²) in [6.07, 6.45) is 4.48. The first-order valence-electron chi connectivity index (χ1n) is 12.5. The summed E-state index contributed by atoms with van der Waals surface area (Å²) in [5, 5.41) is 0. The highest BCUT2D eigenvalue weighted by Crippen LogP contribution is 2.36. The van der Waals surface area contributed by atoms with E-state index in [1.807, 2.05) is 6.92 Å². The van der Waals surface area contributed by atoms with Crippen molar-refractivity contribution in [2.45, 2.75) is 78.8 Å².